The van der Waals surface area contributed by atoms with Crippen molar-refractivity contribution in [3.8, 4) is 0 Å². The molecule has 1 aliphatic rings. The zero-order chi connectivity index (χ0) is 8.81. The third-order valence-electron chi connectivity index (χ3n) is 2.09. The van der Waals surface area contributed by atoms with E-state index in [1.54, 1.807) is 0 Å². The van der Waals surface area contributed by atoms with E-state index in [4.69, 9.17) is 23.2 Å². The van der Waals surface area contributed by atoms with Crippen molar-refractivity contribution in [2.45, 2.75) is 25.7 Å². The van der Waals surface area contributed by atoms with Gasteiger partial charge < -0.3 is 4.90 Å². The van der Waals surface area contributed by atoms with Gasteiger partial charge in [-0.25, -0.2) is 0 Å². The molecule has 1 fully saturated rings. The number of alkyl halides is 1. The lowest BCUT2D eigenvalue weighted by atomic mass is 10.2. The van der Waals surface area contributed by atoms with E-state index >= 15 is 0 Å². The van der Waals surface area contributed by atoms with Crippen LogP contribution in [0.15, 0.2) is 11.2 Å². The molecule has 1 heterocycles. The van der Waals surface area contributed by atoms with Gasteiger partial charge in [-0.2, -0.15) is 0 Å². The van der Waals surface area contributed by atoms with E-state index in [0.717, 1.165) is 18.1 Å². The molecule has 0 saturated carbocycles. The third-order valence-corrected chi connectivity index (χ3v) is 2.75. The number of halogens is 2. The fourth-order valence-corrected chi connectivity index (χ4v) is 1.66. The Kier molecular flexibility index (Phi) is 4.86. The van der Waals surface area contributed by atoms with Crippen LogP contribution in [0.3, 0.4) is 0 Å². The van der Waals surface area contributed by atoms with E-state index in [2.05, 4.69) is 4.90 Å². The average molecular weight is 208 g/mol. The fraction of sp³-hybridized carbons (Fsp3) is 0.778. The van der Waals surface area contributed by atoms with Gasteiger partial charge in [0.2, 0.25) is 0 Å². The summed E-state index contributed by atoms with van der Waals surface area (Å²) >= 11 is 11.4. The Hall–Kier alpha value is 0.120. The molecule has 0 atom stereocenters. The molecule has 0 radical (unpaired) electrons. The molecule has 0 unspecified atom stereocenters. The van der Waals surface area contributed by atoms with E-state index in [1.807, 2.05) is 6.20 Å². The second-order valence-corrected chi connectivity index (χ2v) is 3.91. The van der Waals surface area contributed by atoms with E-state index < -0.39 is 0 Å². The van der Waals surface area contributed by atoms with Gasteiger partial charge in [0.25, 0.3) is 0 Å². The number of allylic oxidation sites excluding steroid dienone is 1. The molecule has 0 spiro atoms. The topological polar surface area (TPSA) is 3.24 Å². The molecule has 1 rings (SSSR count). The van der Waals surface area contributed by atoms with Gasteiger partial charge in [0, 0.05) is 24.3 Å². The first-order valence-electron chi connectivity index (χ1n) is 4.49. The second kappa shape index (κ2) is 5.71. The predicted molar refractivity (Wildman–Crippen MR) is 54.7 cm³/mol. The molecule has 70 valence electrons. The van der Waals surface area contributed by atoms with E-state index in [9.17, 15) is 0 Å². The third kappa shape index (κ3) is 3.68. The molecular formula is C9H15Cl2N. The summed E-state index contributed by atoms with van der Waals surface area (Å²) in [4.78, 5) is 2.28. The van der Waals surface area contributed by atoms with Crippen LogP contribution in [0.1, 0.15) is 25.7 Å². The molecule has 12 heavy (non-hydrogen) atoms. The monoisotopic (exact) mass is 207 g/mol. The maximum Gasteiger partial charge on any atom is 0.0596 e. The van der Waals surface area contributed by atoms with Crippen molar-refractivity contribution in [1.29, 1.82) is 0 Å². The van der Waals surface area contributed by atoms with Gasteiger partial charge in [-0.3, -0.25) is 0 Å². The molecular weight excluding hydrogens is 193 g/mol. The van der Waals surface area contributed by atoms with Crippen molar-refractivity contribution >= 4 is 23.2 Å². The van der Waals surface area contributed by atoms with Crippen LogP contribution >= 0.6 is 23.2 Å². The number of hydrogen-bond donors (Lipinski definition) is 0. The Morgan fingerprint density at radius 3 is 2.25 bits per heavy atom. The summed E-state index contributed by atoms with van der Waals surface area (Å²) in [6.45, 7) is 2.26. The fourth-order valence-electron chi connectivity index (χ4n) is 1.46. The van der Waals surface area contributed by atoms with Gasteiger partial charge in [-0.15, -0.1) is 11.6 Å². The van der Waals surface area contributed by atoms with Crippen LogP contribution in [-0.2, 0) is 0 Å². The van der Waals surface area contributed by atoms with Crippen LogP contribution < -0.4 is 0 Å². The second-order valence-electron chi connectivity index (χ2n) is 3.16. The highest BCUT2D eigenvalue weighted by molar-refractivity contribution is 6.35. The predicted octanol–water partition coefficient (Wildman–Crippen LogP) is 3.18. The lowest BCUT2D eigenvalue weighted by Gasteiger charge is -2.17. The highest BCUT2D eigenvalue weighted by atomic mass is 35.5. The van der Waals surface area contributed by atoms with Crippen molar-refractivity contribution in [2.24, 2.45) is 0 Å². The van der Waals surface area contributed by atoms with Gasteiger partial charge in [0.15, 0.2) is 0 Å². The number of nitrogens with zero attached hydrogens (tertiary/aromatic N) is 1. The van der Waals surface area contributed by atoms with Gasteiger partial charge in [-0.05, 0) is 12.8 Å². The molecule has 0 bridgehead atoms. The van der Waals surface area contributed by atoms with Crippen LogP contribution in [-0.4, -0.2) is 23.9 Å². The first-order chi connectivity index (χ1) is 5.83. The highest BCUT2D eigenvalue weighted by Gasteiger charge is 2.05. The molecule has 1 saturated heterocycles. The quantitative estimate of drug-likeness (QED) is 0.630. The Morgan fingerprint density at radius 2 is 1.75 bits per heavy atom. The van der Waals surface area contributed by atoms with Crippen molar-refractivity contribution in [3.05, 3.63) is 11.2 Å². The Morgan fingerprint density at radius 1 is 1.17 bits per heavy atom. The van der Waals surface area contributed by atoms with Crippen molar-refractivity contribution < 1.29 is 0 Å². The molecule has 0 amide bonds. The van der Waals surface area contributed by atoms with Crippen LogP contribution in [0, 0.1) is 0 Å². The molecule has 0 aromatic carbocycles. The van der Waals surface area contributed by atoms with Gasteiger partial charge >= 0.3 is 0 Å². The molecule has 1 aliphatic heterocycles. The first kappa shape index (κ1) is 10.2. The number of hydrogen-bond acceptors (Lipinski definition) is 1. The molecule has 0 aromatic heterocycles. The summed E-state index contributed by atoms with van der Waals surface area (Å²) in [6, 6.07) is 0. The summed E-state index contributed by atoms with van der Waals surface area (Å²) in [5.41, 5.74) is 0. The van der Waals surface area contributed by atoms with E-state index in [1.165, 1.54) is 25.7 Å². The van der Waals surface area contributed by atoms with Gasteiger partial charge in [-0.1, -0.05) is 24.4 Å². The minimum absolute atomic E-state index is 0.429. The Labute approximate surface area is 84.3 Å². The lowest BCUT2D eigenvalue weighted by molar-refractivity contribution is 0.390. The van der Waals surface area contributed by atoms with Crippen LogP contribution in [0.25, 0.3) is 0 Å². The molecule has 1 nitrogen and oxygen atoms in total. The van der Waals surface area contributed by atoms with Crippen LogP contribution in [0.4, 0.5) is 0 Å². The minimum atomic E-state index is 0.429. The van der Waals surface area contributed by atoms with Gasteiger partial charge in [0.05, 0.1) is 5.88 Å². The number of rotatable bonds is 2. The largest absolute Gasteiger partial charge is 0.376 e. The SMILES string of the molecule is ClCC(Cl)=CN1CCCCCC1. The van der Waals surface area contributed by atoms with Crippen molar-refractivity contribution in [3.63, 3.8) is 0 Å². The van der Waals surface area contributed by atoms with Crippen molar-refractivity contribution in [1.82, 2.24) is 4.90 Å². The standard InChI is InChI=1S/C9H15Cl2N/c10-7-9(11)8-12-5-3-1-2-4-6-12/h8H,1-7H2. The summed E-state index contributed by atoms with van der Waals surface area (Å²) in [5.74, 6) is 0.429. The highest BCUT2D eigenvalue weighted by Crippen LogP contribution is 2.12. The van der Waals surface area contributed by atoms with Crippen molar-refractivity contribution in [2.75, 3.05) is 19.0 Å². The first-order valence-corrected chi connectivity index (χ1v) is 5.40. The Balaban J connectivity index is 2.38. The average Bonchev–Trinajstić information content (AvgIpc) is 2.33. The van der Waals surface area contributed by atoms with Crippen LogP contribution in [0.2, 0.25) is 0 Å². The maximum atomic E-state index is 5.84. The Bertz CT molecular complexity index is 149. The smallest absolute Gasteiger partial charge is 0.0596 e. The summed E-state index contributed by atoms with van der Waals surface area (Å²) < 4.78 is 0. The van der Waals surface area contributed by atoms with Gasteiger partial charge in [0.1, 0.15) is 0 Å². The normalized spacial score (nSPS) is 20.8. The lowest BCUT2D eigenvalue weighted by Crippen LogP contribution is -2.18. The molecule has 0 aromatic rings. The van der Waals surface area contributed by atoms with E-state index in [0.29, 0.717) is 5.88 Å². The zero-order valence-electron chi connectivity index (χ0n) is 7.23. The molecule has 0 aliphatic carbocycles. The summed E-state index contributed by atoms with van der Waals surface area (Å²) in [5, 5.41) is 0.749. The summed E-state index contributed by atoms with van der Waals surface area (Å²) in [6.07, 6.45) is 7.25. The molecule has 3 heteroatoms. The van der Waals surface area contributed by atoms with E-state index in [-0.39, 0.29) is 0 Å². The molecule has 0 N–H and O–H groups in total. The zero-order valence-corrected chi connectivity index (χ0v) is 8.74. The summed E-state index contributed by atoms with van der Waals surface area (Å²) in [7, 11) is 0. The maximum absolute atomic E-state index is 5.84. The number of likely N-dealkylation sites (tertiary alicyclic amines) is 1. The van der Waals surface area contributed by atoms with Crippen LogP contribution in [0.5, 0.6) is 0 Å². The minimum Gasteiger partial charge on any atom is -0.376 e.